The summed E-state index contributed by atoms with van der Waals surface area (Å²) >= 11 is 0. The third kappa shape index (κ3) is 3.63. The summed E-state index contributed by atoms with van der Waals surface area (Å²) in [6, 6.07) is 7.63. The van der Waals surface area contributed by atoms with Crippen molar-refractivity contribution in [2.75, 3.05) is 23.4 Å². The number of carbonyl (C=O) groups is 2. The Morgan fingerprint density at radius 3 is 2.63 bits per heavy atom. The maximum absolute atomic E-state index is 13.8. The normalized spacial score (nSPS) is 15.6. The van der Waals surface area contributed by atoms with Crippen molar-refractivity contribution in [2.24, 2.45) is 5.41 Å². The van der Waals surface area contributed by atoms with Crippen molar-refractivity contribution in [1.29, 1.82) is 0 Å². The summed E-state index contributed by atoms with van der Waals surface area (Å²) in [6.45, 7) is 6.16. The molecule has 0 bridgehead atoms. The van der Waals surface area contributed by atoms with Gasteiger partial charge in [-0.15, -0.1) is 0 Å². The molecule has 1 aliphatic rings. The van der Waals surface area contributed by atoms with Gasteiger partial charge in [-0.05, 0) is 45.0 Å². The van der Waals surface area contributed by atoms with E-state index in [2.05, 4.69) is 5.32 Å². The highest BCUT2D eigenvalue weighted by molar-refractivity contribution is 6.05. The van der Waals surface area contributed by atoms with Gasteiger partial charge in [0, 0.05) is 24.4 Å². The van der Waals surface area contributed by atoms with Gasteiger partial charge in [0.1, 0.15) is 24.0 Å². The van der Waals surface area contributed by atoms with E-state index in [4.69, 9.17) is 4.74 Å². The topological polar surface area (TPSA) is 58.6 Å². The number of fused-ring (bicyclic) bond motifs is 1. The lowest BCUT2D eigenvalue weighted by Crippen LogP contribution is -2.42. The maximum Gasteiger partial charge on any atom is 0.258 e. The quantitative estimate of drug-likeness (QED) is 0.884. The fourth-order valence-electron chi connectivity index (χ4n) is 2.91. The van der Waals surface area contributed by atoms with Crippen LogP contribution in [-0.2, 0) is 4.79 Å². The fraction of sp³-hybridized carbons (Fsp3) is 0.300. The number of nitrogens with one attached hydrogen (secondary N) is 1. The number of nitrogens with zero attached hydrogens (tertiary/aromatic N) is 1. The second-order valence-corrected chi connectivity index (χ2v) is 6.98. The van der Waals surface area contributed by atoms with E-state index in [1.54, 1.807) is 23.1 Å². The van der Waals surface area contributed by atoms with E-state index in [1.165, 1.54) is 0 Å². The molecule has 2 amide bonds. The van der Waals surface area contributed by atoms with E-state index in [0.29, 0.717) is 29.7 Å². The number of anilines is 2. The Labute approximate surface area is 155 Å². The molecule has 0 aliphatic carbocycles. The standard InChI is InChI=1S/C20H20F2N2O3/c1-4-24-16-8-6-13(10-17(16)27-11-20(2,3)19(24)26)23-18(25)14-7-5-12(21)9-15(14)22/h5-10H,4,11H2,1-3H3,(H,23,25). The van der Waals surface area contributed by atoms with E-state index < -0.39 is 23.0 Å². The third-order valence-electron chi connectivity index (χ3n) is 4.41. The predicted molar refractivity (Wildman–Crippen MR) is 98.1 cm³/mol. The fourth-order valence-corrected chi connectivity index (χ4v) is 2.91. The number of carbonyl (C=O) groups excluding carboxylic acids is 2. The average molecular weight is 374 g/mol. The van der Waals surface area contributed by atoms with Crippen molar-refractivity contribution < 1.29 is 23.1 Å². The molecule has 1 N–H and O–H groups in total. The molecule has 2 aromatic carbocycles. The number of hydrogen-bond donors (Lipinski definition) is 1. The van der Waals surface area contributed by atoms with Gasteiger partial charge in [-0.2, -0.15) is 0 Å². The van der Waals surface area contributed by atoms with Crippen LogP contribution < -0.4 is 15.0 Å². The van der Waals surface area contributed by atoms with Gasteiger partial charge in [-0.25, -0.2) is 8.78 Å². The van der Waals surface area contributed by atoms with Gasteiger partial charge >= 0.3 is 0 Å². The van der Waals surface area contributed by atoms with E-state index in [1.807, 2.05) is 20.8 Å². The Hall–Kier alpha value is -2.96. The van der Waals surface area contributed by atoms with Crippen molar-refractivity contribution in [3.05, 3.63) is 53.6 Å². The van der Waals surface area contributed by atoms with Crippen LogP contribution in [0.3, 0.4) is 0 Å². The zero-order chi connectivity index (χ0) is 19.8. The predicted octanol–water partition coefficient (Wildman–Crippen LogP) is 3.99. The SMILES string of the molecule is CCN1C(=O)C(C)(C)COc2cc(NC(=O)c3ccc(F)cc3F)ccc21. The van der Waals surface area contributed by atoms with Crippen LogP contribution >= 0.6 is 0 Å². The molecular formula is C20H20F2N2O3. The molecule has 0 saturated heterocycles. The molecule has 0 atom stereocenters. The van der Waals surface area contributed by atoms with Crippen molar-refractivity contribution in [1.82, 2.24) is 0 Å². The molecule has 27 heavy (non-hydrogen) atoms. The first-order chi connectivity index (χ1) is 12.7. The summed E-state index contributed by atoms with van der Waals surface area (Å²) in [4.78, 5) is 26.6. The molecule has 0 fully saturated rings. The molecule has 3 rings (SSSR count). The third-order valence-corrected chi connectivity index (χ3v) is 4.41. The summed E-state index contributed by atoms with van der Waals surface area (Å²) in [5.41, 5.74) is 0.0406. The van der Waals surface area contributed by atoms with Crippen LogP contribution in [0.5, 0.6) is 5.75 Å². The lowest BCUT2D eigenvalue weighted by Gasteiger charge is -2.26. The molecule has 0 unspecified atom stereocenters. The summed E-state index contributed by atoms with van der Waals surface area (Å²) in [5, 5.41) is 2.57. The van der Waals surface area contributed by atoms with Crippen molar-refractivity contribution in [2.45, 2.75) is 20.8 Å². The second-order valence-electron chi connectivity index (χ2n) is 6.98. The van der Waals surface area contributed by atoms with Gasteiger partial charge in [0.15, 0.2) is 0 Å². The Kier molecular flexibility index (Phi) is 4.87. The zero-order valence-corrected chi connectivity index (χ0v) is 15.3. The Morgan fingerprint density at radius 2 is 1.96 bits per heavy atom. The monoisotopic (exact) mass is 374 g/mol. The van der Waals surface area contributed by atoms with E-state index in [0.717, 1.165) is 12.1 Å². The molecule has 1 heterocycles. The van der Waals surface area contributed by atoms with Crippen LogP contribution in [0.1, 0.15) is 31.1 Å². The number of benzene rings is 2. The smallest absolute Gasteiger partial charge is 0.258 e. The first-order valence-corrected chi connectivity index (χ1v) is 8.58. The first-order valence-electron chi connectivity index (χ1n) is 8.58. The minimum Gasteiger partial charge on any atom is -0.490 e. The molecule has 0 aromatic heterocycles. The van der Waals surface area contributed by atoms with Crippen LogP contribution in [0.2, 0.25) is 0 Å². The van der Waals surface area contributed by atoms with Gasteiger partial charge in [0.25, 0.3) is 5.91 Å². The van der Waals surface area contributed by atoms with E-state index in [9.17, 15) is 18.4 Å². The molecule has 7 heteroatoms. The highest BCUT2D eigenvalue weighted by atomic mass is 19.1. The minimum atomic E-state index is -0.942. The number of amides is 2. The van der Waals surface area contributed by atoms with Crippen molar-refractivity contribution in [3.63, 3.8) is 0 Å². The first kappa shape index (κ1) is 18.8. The number of rotatable bonds is 3. The van der Waals surface area contributed by atoms with Crippen LogP contribution in [-0.4, -0.2) is 25.0 Å². The number of ether oxygens (including phenoxy) is 1. The molecule has 0 saturated carbocycles. The Balaban J connectivity index is 1.89. The van der Waals surface area contributed by atoms with Crippen molar-refractivity contribution >= 4 is 23.2 Å². The lowest BCUT2D eigenvalue weighted by atomic mass is 9.93. The highest BCUT2D eigenvalue weighted by Gasteiger charge is 2.37. The molecule has 1 aliphatic heterocycles. The minimum absolute atomic E-state index is 0.0473. The summed E-state index contributed by atoms with van der Waals surface area (Å²) in [5.74, 6) is -2.00. The Morgan fingerprint density at radius 1 is 1.22 bits per heavy atom. The van der Waals surface area contributed by atoms with Gasteiger partial charge < -0.3 is 15.0 Å². The van der Waals surface area contributed by atoms with Crippen LogP contribution in [0, 0.1) is 17.0 Å². The lowest BCUT2D eigenvalue weighted by molar-refractivity contribution is -0.127. The summed E-state index contributed by atoms with van der Waals surface area (Å²) in [7, 11) is 0. The van der Waals surface area contributed by atoms with Gasteiger partial charge in [0.2, 0.25) is 5.91 Å². The van der Waals surface area contributed by atoms with Crippen LogP contribution in [0.25, 0.3) is 0 Å². The van der Waals surface area contributed by atoms with Crippen LogP contribution in [0.4, 0.5) is 20.2 Å². The number of halogens is 2. The van der Waals surface area contributed by atoms with Crippen LogP contribution in [0.15, 0.2) is 36.4 Å². The van der Waals surface area contributed by atoms with Gasteiger partial charge in [-0.3, -0.25) is 9.59 Å². The van der Waals surface area contributed by atoms with Crippen molar-refractivity contribution in [3.8, 4) is 5.75 Å². The molecule has 142 valence electrons. The molecule has 0 radical (unpaired) electrons. The summed E-state index contributed by atoms with van der Waals surface area (Å²) in [6.07, 6.45) is 0. The maximum atomic E-state index is 13.8. The largest absolute Gasteiger partial charge is 0.490 e. The highest BCUT2D eigenvalue weighted by Crippen LogP contribution is 2.38. The molecular weight excluding hydrogens is 354 g/mol. The van der Waals surface area contributed by atoms with E-state index in [-0.39, 0.29) is 18.1 Å². The van der Waals surface area contributed by atoms with Gasteiger partial charge in [0.05, 0.1) is 16.7 Å². The zero-order valence-electron chi connectivity index (χ0n) is 15.3. The molecule has 5 nitrogen and oxygen atoms in total. The second kappa shape index (κ2) is 6.98. The molecule has 2 aromatic rings. The summed E-state index contributed by atoms with van der Waals surface area (Å²) < 4.78 is 32.6. The average Bonchev–Trinajstić information content (AvgIpc) is 2.70. The molecule has 0 spiro atoms. The van der Waals surface area contributed by atoms with Gasteiger partial charge in [-0.1, -0.05) is 0 Å². The van der Waals surface area contributed by atoms with E-state index >= 15 is 0 Å². The Bertz CT molecular complexity index is 912. The number of hydrogen-bond acceptors (Lipinski definition) is 3.